The Morgan fingerprint density at radius 2 is 1.32 bits per heavy atom. The quantitative estimate of drug-likeness (QED) is 0.285. The first-order valence-corrected chi connectivity index (χ1v) is 8.94. The SMILES string of the molecule is O=C(CCCCCCCCCCN1C(=O)c2ccccc2C1=O)OO. The number of amides is 2. The van der Waals surface area contributed by atoms with Gasteiger partial charge in [-0.25, -0.2) is 4.79 Å². The summed E-state index contributed by atoms with van der Waals surface area (Å²) in [7, 11) is 0. The molecule has 1 aliphatic heterocycles. The number of fused-ring (bicyclic) bond motifs is 1. The second-order valence-electron chi connectivity index (χ2n) is 6.35. The lowest BCUT2D eigenvalue weighted by Gasteiger charge is -2.13. The Morgan fingerprint density at radius 3 is 1.84 bits per heavy atom. The van der Waals surface area contributed by atoms with E-state index in [-0.39, 0.29) is 18.2 Å². The fourth-order valence-electron chi connectivity index (χ4n) is 3.09. The summed E-state index contributed by atoms with van der Waals surface area (Å²) >= 11 is 0. The summed E-state index contributed by atoms with van der Waals surface area (Å²) in [6, 6.07) is 6.96. The monoisotopic (exact) mass is 347 g/mol. The lowest BCUT2D eigenvalue weighted by Crippen LogP contribution is -2.30. The van der Waals surface area contributed by atoms with Gasteiger partial charge in [0.2, 0.25) is 0 Å². The highest BCUT2D eigenvalue weighted by Crippen LogP contribution is 2.23. The molecule has 0 saturated carbocycles. The highest BCUT2D eigenvalue weighted by molar-refractivity contribution is 6.21. The second-order valence-corrected chi connectivity index (χ2v) is 6.35. The van der Waals surface area contributed by atoms with Crippen LogP contribution in [0.25, 0.3) is 0 Å². The summed E-state index contributed by atoms with van der Waals surface area (Å²) in [5, 5.41) is 8.13. The van der Waals surface area contributed by atoms with Crippen LogP contribution in [0.2, 0.25) is 0 Å². The molecular weight excluding hydrogens is 322 g/mol. The molecule has 1 heterocycles. The van der Waals surface area contributed by atoms with Crippen molar-refractivity contribution >= 4 is 17.8 Å². The first-order valence-electron chi connectivity index (χ1n) is 8.94. The van der Waals surface area contributed by atoms with Gasteiger partial charge in [0.1, 0.15) is 0 Å². The highest BCUT2D eigenvalue weighted by Gasteiger charge is 2.34. The molecule has 0 atom stereocenters. The van der Waals surface area contributed by atoms with Gasteiger partial charge in [-0.15, -0.1) is 0 Å². The van der Waals surface area contributed by atoms with Crippen LogP contribution in [0.15, 0.2) is 24.3 Å². The van der Waals surface area contributed by atoms with E-state index in [2.05, 4.69) is 4.89 Å². The van der Waals surface area contributed by atoms with Gasteiger partial charge in [-0.1, -0.05) is 50.7 Å². The predicted molar refractivity (Wildman–Crippen MR) is 92.1 cm³/mol. The van der Waals surface area contributed by atoms with E-state index in [1.165, 1.54) is 4.90 Å². The Hall–Kier alpha value is -2.21. The molecule has 0 bridgehead atoms. The fraction of sp³-hybridized carbons (Fsp3) is 0.526. The molecular formula is C19H25NO5. The summed E-state index contributed by atoms with van der Waals surface area (Å²) in [6.07, 6.45) is 8.09. The maximum absolute atomic E-state index is 12.2. The van der Waals surface area contributed by atoms with Gasteiger partial charge in [0, 0.05) is 13.0 Å². The number of imide groups is 1. The van der Waals surface area contributed by atoms with Crippen LogP contribution in [0.5, 0.6) is 0 Å². The molecule has 6 heteroatoms. The van der Waals surface area contributed by atoms with Crippen LogP contribution in [-0.2, 0) is 9.68 Å². The lowest BCUT2D eigenvalue weighted by molar-refractivity contribution is -0.234. The third kappa shape index (κ3) is 5.39. The van der Waals surface area contributed by atoms with Crippen LogP contribution >= 0.6 is 0 Å². The molecule has 0 fully saturated rings. The van der Waals surface area contributed by atoms with Gasteiger partial charge in [-0.2, -0.15) is 5.26 Å². The first-order chi connectivity index (χ1) is 12.1. The standard InChI is InChI=1S/C19H25NO5/c21-17(25-24)13-7-5-3-1-2-4-6-10-14-20-18(22)15-11-8-9-12-16(15)19(20)23/h8-9,11-12,24H,1-7,10,13-14H2. The summed E-state index contributed by atoms with van der Waals surface area (Å²) in [6.45, 7) is 0.482. The maximum atomic E-state index is 12.2. The predicted octanol–water partition coefficient (Wildman–Crippen LogP) is 3.81. The van der Waals surface area contributed by atoms with Gasteiger partial charge in [-0.05, 0) is 25.0 Å². The zero-order valence-corrected chi connectivity index (χ0v) is 14.4. The van der Waals surface area contributed by atoms with E-state index < -0.39 is 5.97 Å². The number of benzene rings is 1. The summed E-state index contributed by atoms with van der Waals surface area (Å²) < 4.78 is 0. The Morgan fingerprint density at radius 1 is 0.840 bits per heavy atom. The molecule has 0 unspecified atom stereocenters. The molecule has 2 amide bonds. The van der Waals surface area contributed by atoms with E-state index in [1.54, 1.807) is 24.3 Å². The van der Waals surface area contributed by atoms with Crippen molar-refractivity contribution in [3.63, 3.8) is 0 Å². The van der Waals surface area contributed by atoms with Gasteiger partial charge in [0.05, 0.1) is 11.1 Å². The number of carbonyl (C=O) groups is 3. The van der Waals surface area contributed by atoms with Gasteiger partial charge in [0.25, 0.3) is 11.8 Å². The Bertz CT molecular complexity index is 579. The minimum absolute atomic E-state index is 0.179. The van der Waals surface area contributed by atoms with E-state index in [0.717, 1.165) is 51.4 Å². The van der Waals surface area contributed by atoms with Crippen molar-refractivity contribution in [3.05, 3.63) is 35.4 Å². The average Bonchev–Trinajstić information content (AvgIpc) is 2.88. The van der Waals surface area contributed by atoms with Crippen LogP contribution in [0.3, 0.4) is 0 Å². The van der Waals surface area contributed by atoms with E-state index >= 15 is 0 Å². The van der Waals surface area contributed by atoms with Gasteiger partial charge in [0.15, 0.2) is 0 Å². The summed E-state index contributed by atoms with van der Waals surface area (Å²) in [5.41, 5.74) is 1.02. The van der Waals surface area contributed by atoms with Crippen molar-refractivity contribution in [3.8, 4) is 0 Å². The van der Waals surface area contributed by atoms with E-state index in [9.17, 15) is 14.4 Å². The van der Waals surface area contributed by atoms with Crippen molar-refractivity contribution in [2.24, 2.45) is 0 Å². The molecule has 2 rings (SSSR count). The minimum atomic E-state index is -0.576. The third-order valence-electron chi connectivity index (χ3n) is 4.49. The van der Waals surface area contributed by atoms with Crippen molar-refractivity contribution < 1.29 is 24.5 Å². The second kappa shape index (κ2) is 9.93. The molecule has 25 heavy (non-hydrogen) atoms. The van der Waals surface area contributed by atoms with Crippen molar-refractivity contribution in [2.75, 3.05) is 6.54 Å². The number of hydrogen-bond acceptors (Lipinski definition) is 5. The van der Waals surface area contributed by atoms with Crippen LogP contribution in [0, 0.1) is 0 Å². The third-order valence-corrected chi connectivity index (χ3v) is 4.49. The molecule has 136 valence electrons. The van der Waals surface area contributed by atoms with Crippen LogP contribution in [0.4, 0.5) is 0 Å². The number of hydrogen-bond donors (Lipinski definition) is 1. The average molecular weight is 347 g/mol. The van der Waals surface area contributed by atoms with E-state index in [4.69, 9.17) is 5.26 Å². The molecule has 1 aromatic rings. The van der Waals surface area contributed by atoms with Crippen molar-refractivity contribution in [2.45, 2.75) is 57.8 Å². The van der Waals surface area contributed by atoms with Crippen LogP contribution in [-0.4, -0.2) is 34.5 Å². The first kappa shape index (κ1) is 19.1. The zero-order valence-electron chi connectivity index (χ0n) is 14.4. The Balaban J connectivity index is 1.52. The van der Waals surface area contributed by atoms with Crippen molar-refractivity contribution in [1.29, 1.82) is 0 Å². The number of carbonyl (C=O) groups excluding carboxylic acids is 3. The topological polar surface area (TPSA) is 83.9 Å². The lowest BCUT2D eigenvalue weighted by atomic mass is 10.1. The van der Waals surface area contributed by atoms with Crippen LogP contribution < -0.4 is 0 Å². The highest BCUT2D eigenvalue weighted by atomic mass is 17.1. The maximum Gasteiger partial charge on any atom is 0.342 e. The smallest absolute Gasteiger partial charge is 0.301 e. The molecule has 0 saturated heterocycles. The Kier molecular flexibility index (Phi) is 7.60. The normalized spacial score (nSPS) is 13.2. The van der Waals surface area contributed by atoms with Crippen molar-refractivity contribution in [1.82, 2.24) is 4.90 Å². The largest absolute Gasteiger partial charge is 0.342 e. The molecule has 0 aromatic heterocycles. The van der Waals surface area contributed by atoms with Gasteiger partial charge in [-0.3, -0.25) is 14.5 Å². The summed E-state index contributed by atoms with van der Waals surface area (Å²) in [5.74, 6) is -0.933. The molecule has 1 aliphatic rings. The molecule has 1 aromatic carbocycles. The number of nitrogens with zero attached hydrogens (tertiary/aromatic N) is 1. The zero-order chi connectivity index (χ0) is 18.1. The molecule has 0 spiro atoms. The molecule has 0 aliphatic carbocycles. The van der Waals surface area contributed by atoms with Gasteiger partial charge < -0.3 is 4.89 Å². The van der Waals surface area contributed by atoms with Gasteiger partial charge >= 0.3 is 5.97 Å². The Labute approximate surface area is 147 Å². The van der Waals surface area contributed by atoms with Crippen LogP contribution in [0.1, 0.15) is 78.5 Å². The fourth-order valence-corrected chi connectivity index (χ4v) is 3.09. The number of unbranched alkanes of at least 4 members (excludes halogenated alkanes) is 7. The van der Waals surface area contributed by atoms with E-state index in [1.807, 2.05) is 0 Å². The molecule has 0 radical (unpaired) electrons. The number of rotatable bonds is 11. The van der Waals surface area contributed by atoms with E-state index in [0.29, 0.717) is 17.7 Å². The molecule has 6 nitrogen and oxygen atoms in total. The minimum Gasteiger partial charge on any atom is -0.301 e. The molecule has 1 N–H and O–H groups in total. The summed E-state index contributed by atoms with van der Waals surface area (Å²) in [4.78, 5) is 40.1.